The molecule has 0 aromatic heterocycles. The number of rotatable bonds is 2. The molecule has 20 heavy (non-hydrogen) atoms. The lowest BCUT2D eigenvalue weighted by Gasteiger charge is -2.11. The Labute approximate surface area is 145 Å². The summed E-state index contributed by atoms with van der Waals surface area (Å²) in [6.45, 7) is 0. The van der Waals surface area contributed by atoms with Crippen molar-refractivity contribution in [2.75, 3.05) is 0 Å². The van der Waals surface area contributed by atoms with E-state index in [1.54, 1.807) is 18.2 Å². The van der Waals surface area contributed by atoms with Gasteiger partial charge in [-0.1, -0.05) is 75.7 Å². The summed E-state index contributed by atoms with van der Waals surface area (Å²) in [6, 6.07) is 6.05. The molecule has 0 saturated heterocycles. The summed E-state index contributed by atoms with van der Waals surface area (Å²) in [5.41, 5.74) is 0.121. The zero-order valence-electron chi connectivity index (χ0n) is 9.49. The molecule has 0 aliphatic carbocycles. The Morgan fingerprint density at radius 2 is 1.25 bits per heavy atom. The number of hydrogen-bond acceptors (Lipinski definition) is 1. The lowest BCUT2D eigenvalue weighted by Crippen LogP contribution is -2.05. The highest BCUT2D eigenvalue weighted by Crippen LogP contribution is 2.40. The van der Waals surface area contributed by atoms with Crippen LogP contribution < -0.4 is 0 Å². The van der Waals surface area contributed by atoms with Gasteiger partial charge in [0.1, 0.15) is 0 Å². The van der Waals surface area contributed by atoms with E-state index in [-0.39, 0.29) is 41.3 Å². The fourth-order valence-corrected chi connectivity index (χ4v) is 3.27. The van der Waals surface area contributed by atoms with Crippen LogP contribution in [0, 0.1) is 0 Å². The van der Waals surface area contributed by atoms with E-state index in [1.165, 1.54) is 6.07 Å². The van der Waals surface area contributed by atoms with Crippen molar-refractivity contribution in [1.82, 2.24) is 0 Å². The minimum atomic E-state index is -0.519. The first-order valence-electron chi connectivity index (χ1n) is 5.16. The predicted molar refractivity (Wildman–Crippen MR) is 86.4 cm³/mol. The molecule has 1 nitrogen and oxygen atoms in total. The smallest absolute Gasteiger partial charge is 0.199 e. The van der Waals surface area contributed by atoms with Gasteiger partial charge in [-0.15, -0.1) is 0 Å². The normalized spacial score (nSPS) is 10.7. The number of benzene rings is 2. The Morgan fingerprint density at radius 1 is 0.700 bits per heavy atom. The molecule has 0 spiro atoms. The summed E-state index contributed by atoms with van der Waals surface area (Å²) in [5, 5.41) is 0.629. The van der Waals surface area contributed by atoms with Crippen LogP contribution in [0.2, 0.25) is 30.1 Å². The van der Waals surface area contributed by atoms with Crippen molar-refractivity contribution in [2.24, 2.45) is 0 Å². The Hall–Kier alpha value is -0.150. The average molecular weight is 389 g/mol. The van der Waals surface area contributed by atoms with Gasteiger partial charge in [0, 0.05) is 0 Å². The van der Waals surface area contributed by atoms with Crippen molar-refractivity contribution in [3.8, 4) is 0 Å². The lowest BCUT2D eigenvalue weighted by molar-refractivity contribution is 0.103. The van der Waals surface area contributed by atoms with Crippen LogP contribution in [0.25, 0.3) is 0 Å². The SMILES string of the molecule is O=C(c1c(Cl)cccc1Cl)c1c(Cl)cc(Cl)c(Cl)c1Cl. The molecule has 2 aromatic rings. The third kappa shape index (κ3) is 2.89. The summed E-state index contributed by atoms with van der Waals surface area (Å²) < 4.78 is 0. The Morgan fingerprint density at radius 3 is 1.80 bits per heavy atom. The molecular formula is C13H4Cl6O. The van der Waals surface area contributed by atoms with Gasteiger partial charge in [0.05, 0.1) is 41.3 Å². The van der Waals surface area contributed by atoms with Crippen molar-refractivity contribution in [3.63, 3.8) is 0 Å². The molecule has 0 unspecified atom stereocenters. The quantitative estimate of drug-likeness (QED) is 0.312. The first-order valence-corrected chi connectivity index (χ1v) is 7.43. The Kier molecular flexibility index (Phi) is 5.12. The molecule has 0 amide bonds. The van der Waals surface area contributed by atoms with E-state index in [4.69, 9.17) is 69.6 Å². The molecule has 0 N–H and O–H groups in total. The van der Waals surface area contributed by atoms with Crippen LogP contribution in [-0.2, 0) is 0 Å². The topological polar surface area (TPSA) is 17.1 Å². The van der Waals surface area contributed by atoms with Crippen LogP contribution in [-0.4, -0.2) is 5.78 Å². The Bertz CT molecular complexity index is 690. The van der Waals surface area contributed by atoms with Crippen LogP contribution >= 0.6 is 69.6 Å². The van der Waals surface area contributed by atoms with E-state index in [2.05, 4.69) is 0 Å². The van der Waals surface area contributed by atoms with Gasteiger partial charge in [-0.25, -0.2) is 0 Å². The van der Waals surface area contributed by atoms with E-state index in [0.29, 0.717) is 0 Å². The summed E-state index contributed by atoms with van der Waals surface area (Å²) >= 11 is 35.8. The maximum absolute atomic E-state index is 12.6. The molecule has 0 bridgehead atoms. The maximum atomic E-state index is 12.6. The summed E-state index contributed by atoms with van der Waals surface area (Å²) in [7, 11) is 0. The molecule has 2 rings (SSSR count). The zero-order chi connectivity index (χ0) is 15.0. The average Bonchev–Trinajstić information content (AvgIpc) is 2.36. The number of halogens is 6. The van der Waals surface area contributed by atoms with E-state index >= 15 is 0 Å². The minimum Gasteiger partial charge on any atom is -0.288 e. The maximum Gasteiger partial charge on any atom is 0.199 e. The van der Waals surface area contributed by atoms with E-state index in [9.17, 15) is 4.79 Å². The molecule has 0 aliphatic heterocycles. The second-order valence-electron chi connectivity index (χ2n) is 3.77. The molecule has 2 aromatic carbocycles. The van der Waals surface area contributed by atoms with Crippen molar-refractivity contribution in [1.29, 1.82) is 0 Å². The van der Waals surface area contributed by atoms with Crippen LogP contribution in [0.5, 0.6) is 0 Å². The van der Waals surface area contributed by atoms with Gasteiger partial charge in [-0.3, -0.25) is 4.79 Å². The summed E-state index contributed by atoms with van der Waals surface area (Å²) in [6.07, 6.45) is 0. The van der Waals surface area contributed by atoms with Crippen molar-refractivity contribution in [2.45, 2.75) is 0 Å². The molecule has 0 aliphatic rings. The molecule has 104 valence electrons. The van der Waals surface area contributed by atoms with Crippen LogP contribution in [0.15, 0.2) is 24.3 Å². The van der Waals surface area contributed by atoms with Crippen LogP contribution in [0.1, 0.15) is 15.9 Å². The molecule has 0 fully saturated rings. The molecule has 7 heteroatoms. The summed E-state index contributed by atoms with van der Waals surface area (Å²) in [5.74, 6) is -0.519. The standard InChI is InChI=1S/C13H4Cl6O/c14-5-2-1-3-6(15)9(5)13(20)10-7(16)4-8(17)11(18)12(10)19/h1-4H. The molecule has 0 saturated carbocycles. The number of hydrogen-bond donors (Lipinski definition) is 0. The Balaban J connectivity index is 2.70. The van der Waals surface area contributed by atoms with Gasteiger partial charge in [0.2, 0.25) is 0 Å². The molecule has 0 radical (unpaired) electrons. The van der Waals surface area contributed by atoms with Gasteiger partial charge in [-0.2, -0.15) is 0 Å². The molecular weight excluding hydrogens is 385 g/mol. The molecule has 0 atom stereocenters. The van der Waals surface area contributed by atoms with Crippen LogP contribution in [0.3, 0.4) is 0 Å². The number of ketones is 1. The van der Waals surface area contributed by atoms with Gasteiger partial charge in [0.25, 0.3) is 0 Å². The second kappa shape index (κ2) is 6.31. The van der Waals surface area contributed by atoms with E-state index < -0.39 is 5.78 Å². The first-order chi connectivity index (χ1) is 9.34. The van der Waals surface area contributed by atoms with Gasteiger partial charge < -0.3 is 0 Å². The van der Waals surface area contributed by atoms with Crippen molar-refractivity contribution in [3.05, 3.63) is 65.5 Å². The van der Waals surface area contributed by atoms with Gasteiger partial charge in [0.15, 0.2) is 5.78 Å². The largest absolute Gasteiger partial charge is 0.288 e. The number of carbonyl (C=O) groups excluding carboxylic acids is 1. The highest BCUT2D eigenvalue weighted by molar-refractivity contribution is 6.52. The highest BCUT2D eigenvalue weighted by atomic mass is 35.5. The predicted octanol–water partition coefficient (Wildman–Crippen LogP) is 6.84. The highest BCUT2D eigenvalue weighted by Gasteiger charge is 2.24. The second-order valence-corrected chi connectivity index (χ2v) is 6.15. The summed E-state index contributed by atoms with van der Waals surface area (Å²) in [4.78, 5) is 12.6. The van der Waals surface area contributed by atoms with Crippen molar-refractivity contribution >= 4 is 75.4 Å². The van der Waals surface area contributed by atoms with Crippen LogP contribution in [0.4, 0.5) is 0 Å². The lowest BCUT2D eigenvalue weighted by atomic mass is 10.0. The van der Waals surface area contributed by atoms with Crippen molar-refractivity contribution < 1.29 is 4.79 Å². The van der Waals surface area contributed by atoms with Gasteiger partial charge >= 0.3 is 0 Å². The van der Waals surface area contributed by atoms with E-state index in [0.717, 1.165) is 0 Å². The zero-order valence-corrected chi connectivity index (χ0v) is 14.0. The molecule has 0 heterocycles. The first kappa shape index (κ1) is 16.2. The third-order valence-corrected chi connectivity index (χ3v) is 4.72. The third-order valence-electron chi connectivity index (χ3n) is 2.53. The monoisotopic (exact) mass is 386 g/mol. The fraction of sp³-hybridized carbons (Fsp3) is 0. The van der Waals surface area contributed by atoms with E-state index in [1.807, 2.05) is 0 Å². The number of carbonyl (C=O) groups is 1. The minimum absolute atomic E-state index is 0.0118. The van der Waals surface area contributed by atoms with Gasteiger partial charge in [-0.05, 0) is 18.2 Å². The fourth-order valence-electron chi connectivity index (χ4n) is 1.61.